The van der Waals surface area contributed by atoms with E-state index < -0.39 is 5.60 Å². The van der Waals surface area contributed by atoms with Crippen LogP contribution >= 0.6 is 0 Å². The van der Waals surface area contributed by atoms with Crippen LogP contribution in [0.4, 0.5) is 16.3 Å². The number of rotatable bonds is 4. The second-order valence-electron chi connectivity index (χ2n) is 6.12. The molecule has 8 heteroatoms. The Labute approximate surface area is 136 Å². The third-order valence-corrected chi connectivity index (χ3v) is 4.11. The zero-order valence-electron chi connectivity index (χ0n) is 14.2. The molecule has 0 spiro atoms. The summed E-state index contributed by atoms with van der Waals surface area (Å²) < 4.78 is 5.44. The van der Waals surface area contributed by atoms with E-state index in [0.29, 0.717) is 24.6 Å². The summed E-state index contributed by atoms with van der Waals surface area (Å²) in [5, 5.41) is 20.6. The minimum Gasteiger partial charge on any atom is -0.393 e. The van der Waals surface area contributed by atoms with Crippen molar-refractivity contribution in [1.82, 2.24) is 15.1 Å². The number of hydrogen-bond acceptors (Lipinski definition) is 6. The highest BCUT2D eigenvalue weighted by Crippen LogP contribution is 2.26. The fraction of sp³-hybridized carbons (Fsp3) is 0.667. The summed E-state index contributed by atoms with van der Waals surface area (Å²) in [5.74, 6) is 0.598. The van der Waals surface area contributed by atoms with Crippen LogP contribution < -0.4 is 10.2 Å². The minimum absolute atomic E-state index is 0.105. The van der Waals surface area contributed by atoms with Crippen LogP contribution in [0.15, 0.2) is 6.07 Å². The number of nitrogens with one attached hydrogen (secondary N) is 1. The van der Waals surface area contributed by atoms with Crippen molar-refractivity contribution in [2.75, 3.05) is 51.1 Å². The molecular formula is C15H25N5O3. The van der Waals surface area contributed by atoms with Gasteiger partial charge < -0.3 is 25.0 Å². The molecule has 2 heterocycles. The number of aliphatic hydroxyl groups is 1. The fourth-order valence-corrected chi connectivity index (χ4v) is 2.73. The zero-order valence-corrected chi connectivity index (χ0v) is 14.2. The van der Waals surface area contributed by atoms with Gasteiger partial charge in [0.25, 0.3) is 0 Å². The number of carbonyl (C=O) groups is 1. The number of hydrogen-bond donors (Lipinski definition) is 2. The van der Waals surface area contributed by atoms with E-state index in [1.807, 2.05) is 21.0 Å². The molecule has 23 heavy (non-hydrogen) atoms. The quantitative estimate of drug-likeness (QED) is 0.854. The maximum absolute atomic E-state index is 12.6. The van der Waals surface area contributed by atoms with Crippen molar-refractivity contribution in [2.24, 2.45) is 0 Å². The topological polar surface area (TPSA) is 90.8 Å². The van der Waals surface area contributed by atoms with E-state index in [1.165, 1.54) is 0 Å². The first-order valence-corrected chi connectivity index (χ1v) is 7.64. The largest absolute Gasteiger partial charge is 0.393 e. The maximum Gasteiger partial charge on any atom is 0.322 e. The van der Waals surface area contributed by atoms with Crippen molar-refractivity contribution >= 4 is 17.5 Å². The lowest BCUT2D eigenvalue weighted by Crippen LogP contribution is -2.54. The molecule has 1 atom stereocenters. The van der Waals surface area contributed by atoms with Crippen molar-refractivity contribution in [3.05, 3.63) is 11.8 Å². The van der Waals surface area contributed by atoms with Gasteiger partial charge in [0.05, 0.1) is 24.5 Å². The van der Waals surface area contributed by atoms with E-state index in [-0.39, 0.29) is 12.6 Å². The predicted molar refractivity (Wildman–Crippen MR) is 87.7 cm³/mol. The standard InChI is InChI=1S/C15H25N5O3/c1-11-8-12(13(18-17-11)19(2)3)16-14(22)20-7-5-6-15(9-20,10-21)23-4/h8,21H,5-7,9-10H2,1-4H3,(H,16,17,22). The average molecular weight is 323 g/mol. The first-order valence-electron chi connectivity index (χ1n) is 7.64. The monoisotopic (exact) mass is 323 g/mol. The van der Waals surface area contributed by atoms with Crippen LogP contribution in [-0.4, -0.2) is 72.7 Å². The Bertz CT molecular complexity index is 560. The molecule has 0 saturated carbocycles. The molecule has 1 fully saturated rings. The Hall–Kier alpha value is -1.93. The maximum atomic E-state index is 12.6. The highest BCUT2D eigenvalue weighted by molar-refractivity contribution is 5.92. The van der Waals surface area contributed by atoms with Gasteiger partial charge in [0.2, 0.25) is 0 Å². The fourth-order valence-electron chi connectivity index (χ4n) is 2.73. The molecule has 0 aromatic carbocycles. The van der Waals surface area contributed by atoms with E-state index in [0.717, 1.165) is 18.5 Å². The second-order valence-corrected chi connectivity index (χ2v) is 6.12. The second kappa shape index (κ2) is 7.10. The zero-order chi connectivity index (χ0) is 17.0. The van der Waals surface area contributed by atoms with Crippen LogP contribution in [0.2, 0.25) is 0 Å². The first kappa shape index (κ1) is 17.4. The number of piperidine rings is 1. The molecule has 1 aliphatic rings. The Morgan fingerprint density at radius 3 is 2.87 bits per heavy atom. The number of nitrogens with zero attached hydrogens (tertiary/aromatic N) is 4. The van der Waals surface area contributed by atoms with Crippen molar-refractivity contribution < 1.29 is 14.6 Å². The van der Waals surface area contributed by atoms with Crippen molar-refractivity contribution in [2.45, 2.75) is 25.4 Å². The number of methoxy groups -OCH3 is 1. The van der Waals surface area contributed by atoms with Gasteiger partial charge >= 0.3 is 6.03 Å². The number of amides is 2. The van der Waals surface area contributed by atoms with Crippen LogP contribution in [-0.2, 0) is 4.74 Å². The number of aliphatic hydroxyl groups excluding tert-OH is 1. The number of urea groups is 1. The molecule has 2 N–H and O–H groups in total. The summed E-state index contributed by atoms with van der Waals surface area (Å²) in [6.07, 6.45) is 1.53. The Balaban J connectivity index is 2.14. The molecule has 1 aromatic heterocycles. The Morgan fingerprint density at radius 2 is 2.26 bits per heavy atom. The molecule has 0 bridgehead atoms. The Kier molecular flexibility index (Phi) is 5.38. The third kappa shape index (κ3) is 3.89. The third-order valence-electron chi connectivity index (χ3n) is 4.11. The molecule has 2 rings (SSSR count). The summed E-state index contributed by atoms with van der Waals surface area (Å²) in [7, 11) is 5.26. The number of anilines is 2. The smallest absolute Gasteiger partial charge is 0.322 e. The average Bonchev–Trinajstić information content (AvgIpc) is 2.54. The summed E-state index contributed by atoms with van der Waals surface area (Å²) in [5.41, 5.74) is 0.670. The van der Waals surface area contributed by atoms with Crippen LogP contribution in [0.5, 0.6) is 0 Å². The van der Waals surface area contributed by atoms with E-state index in [1.54, 1.807) is 23.0 Å². The van der Waals surface area contributed by atoms with Gasteiger partial charge in [-0.25, -0.2) is 4.79 Å². The van der Waals surface area contributed by atoms with Gasteiger partial charge in [-0.2, -0.15) is 5.10 Å². The molecule has 1 saturated heterocycles. The number of likely N-dealkylation sites (tertiary alicyclic amines) is 1. The number of aromatic nitrogens is 2. The van der Waals surface area contributed by atoms with E-state index in [2.05, 4.69) is 15.5 Å². The number of aryl methyl sites for hydroxylation is 1. The lowest BCUT2D eigenvalue weighted by molar-refractivity contribution is -0.0858. The van der Waals surface area contributed by atoms with Crippen LogP contribution in [0, 0.1) is 6.92 Å². The first-order chi connectivity index (χ1) is 10.9. The SMILES string of the molecule is COC1(CO)CCCN(C(=O)Nc2cc(C)nnc2N(C)C)C1. The van der Waals surface area contributed by atoms with Gasteiger partial charge in [-0.3, -0.25) is 0 Å². The van der Waals surface area contributed by atoms with Gasteiger partial charge in [0.15, 0.2) is 5.82 Å². The van der Waals surface area contributed by atoms with E-state index in [4.69, 9.17) is 4.74 Å². The highest BCUT2D eigenvalue weighted by atomic mass is 16.5. The normalized spacial score (nSPS) is 21.2. The van der Waals surface area contributed by atoms with Gasteiger partial charge in [0.1, 0.15) is 5.60 Å². The molecular weight excluding hydrogens is 298 g/mol. The van der Waals surface area contributed by atoms with Crippen molar-refractivity contribution in [3.63, 3.8) is 0 Å². The summed E-state index contributed by atoms with van der Waals surface area (Å²) in [6, 6.07) is 1.56. The lowest BCUT2D eigenvalue weighted by Gasteiger charge is -2.40. The summed E-state index contributed by atoms with van der Waals surface area (Å²) in [6.45, 7) is 2.71. The van der Waals surface area contributed by atoms with Gasteiger partial charge in [-0.1, -0.05) is 0 Å². The number of carbonyl (C=O) groups excluding carboxylic acids is 1. The molecule has 1 unspecified atom stereocenters. The lowest BCUT2D eigenvalue weighted by atomic mass is 9.93. The van der Waals surface area contributed by atoms with Gasteiger partial charge in [-0.15, -0.1) is 5.10 Å². The van der Waals surface area contributed by atoms with Crippen molar-refractivity contribution in [3.8, 4) is 0 Å². The molecule has 8 nitrogen and oxygen atoms in total. The van der Waals surface area contributed by atoms with Gasteiger partial charge in [0, 0.05) is 27.7 Å². The van der Waals surface area contributed by atoms with Crippen LogP contribution in [0.25, 0.3) is 0 Å². The molecule has 2 amide bonds. The number of ether oxygens (including phenoxy) is 1. The van der Waals surface area contributed by atoms with Crippen LogP contribution in [0.3, 0.4) is 0 Å². The summed E-state index contributed by atoms with van der Waals surface area (Å²) >= 11 is 0. The minimum atomic E-state index is -0.674. The van der Waals surface area contributed by atoms with E-state index >= 15 is 0 Å². The molecule has 1 aliphatic heterocycles. The predicted octanol–water partition coefficient (Wildman–Crippen LogP) is 0.856. The van der Waals surface area contributed by atoms with Crippen molar-refractivity contribution in [1.29, 1.82) is 0 Å². The summed E-state index contributed by atoms with van der Waals surface area (Å²) in [4.78, 5) is 16.0. The van der Waals surface area contributed by atoms with E-state index in [9.17, 15) is 9.90 Å². The molecule has 0 radical (unpaired) electrons. The molecule has 128 valence electrons. The van der Waals surface area contributed by atoms with Gasteiger partial charge in [-0.05, 0) is 25.8 Å². The highest BCUT2D eigenvalue weighted by Gasteiger charge is 2.37. The molecule has 1 aromatic rings. The van der Waals surface area contributed by atoms with Crippen LogP contribution in [0.1, 0.15) is 18.5 Å². The Morgan fingerprint density at radius 1 is 1.52 bits per heavy atom. The molecule has 0 aliphatic carbocycles.